The van der Waals surface area contributed by atoms with Gasteiger partial charge in [-0.1, -0.05) is 6.07 Å². The topological polar surface area (TPSA) is 96.2 Å². The van der Waals surface area contributed by atoms with Gasteiger partial charge in [-0.15, -0.1) is 0 Å². The van der Waals surface area contributed by atoms with Gasteiger partial charge in [0.05, 0.1) is 29.0 Å². The average Bonchev–Trinajstić information content (AvgIpc) is 3.03. The number of fused-ring (bicyclic) bond motifs is 1. The molecule has 0 saturated heterocycles. The Labute approximate surface area is 137 Å². The number of benzene rings is 1. The number of hydrogen-bond acceptors (Lipinski definition) is 4. The van der Waals surface area contributed by atoms with Crippen molar-refractivity contribution in [3.8, 4) is 6.07 Å². The second kappa shape index (κ2) is 6.38. The Morgan fingerprint density at radius 3 is 2.96 bits per heavy atom. The Morgan fingerprint density at radius 2 is 2.21 bits per heavy atom. The molecule has 1 amide bonds. The van der Waals surface area contributed by atoms with Gasteiger partial charge in [-0.25, -0.2) is 8.91 Å². The molecule has 0 spiro atoms. The minimum absolute atomic E-state index is 0.190. The van der Waals surface area contributed by atoms with Crippen LogP contribution in [-0.4, -0.2) is 15.5 Å². The van der Waals surface area contributed by atoms with Crippen molar-refractivity contribution in [3.63, 3.8) is 0 Å². The highest BCUT2D eigenvalue weighted by atomic mass is 19.1. The molecule has 0 radical (unpaired) electrons. The van der Waals surface area contributed by atoms with Crippen LogP contribution in [0.5, 0.6) is 0 Å². The molecule has 3 N–H and O–H groups in total. The third-order valence-electron chi connectivity index (χ3n) is 3.70. The van der Waals surface area contributed by atoms with Crippen molar-refractivity contribution >= 4 is 22.8 Å². The smallest absolute Gasteiger partial charge is 0.252 e. The van der Waals surface area contributed by atoms with E-state index in [-0.39, 0.29) is 18.4 Å². The Kier molecular flexibility index (Phi) is 4.12. The van der Waals surface area contributed by atoms with Crippen molar-refractivity contribution in [1.29, 1.82) is 5.26 Å². The van der Waals surface area contributed by atoms with Crippen LogP contribution in [0.4, 0.5) is 15.8 Å². The maximum absolute atomic E-state index is 14.1. The summed E-state index contributed by atoms with van der Waals surface area (Å²) in [5.74, 6) is -1.04. The third kappa shape index (κ3) is 2.77. The monoisotopic (exact) mass is 323 g/mol. The molecule has 3 aromatic rings. The lowest BCUT2D eigenvalue weighted by Crippen LogP contribution is -2.15. The molecular weight excluding hydrogens is 309 g/mol. The van der Waals surface area contributed by atoms with Crippen LogP contribution in [-0.2, 0) is 6.42 Å². The summed E-state index contributed by atoms with van der Waals surface area (Å²) in [7, 11) is 0. The summed E-state index contributed by atoms with van der Waals surface area (Å²) >= 11 is 0. The summed E-state index contributed by atoms with van der Waals surface area (Å²) in [6.07, 6.45) is 3.55. The van der Waals surface area contributed by atoms with Gasteiger partial charge in [-0.05, 0) is 30.7 Å². The summed E-state index contributed by atoms with van der Waals surface area (Å²) in [4.78, 5) is 11.7. The minimum atomic E-state index is -0.635. The molecule has 24 heavy (non-hydrogen) atoms. The second-order valence-electron chi connectivity index (χ2n) is 5.18. The van der Waals surface area contributed by atoms with E-state index in [0.29, 0.717) is 22.5 Å². The number of halogens is 1. The number of primary amides is 1. The zero-order chi connectivity index (χ0) is 17.1. The summed E-state index contributed by atoms with van der Waals surface area (Å²) in [6.45, 7) is 0. The first kappa shape index (κ1) is 15.5. The standard InChI is InChI=1S/C17H14FN5O/c18-13-5-1-6-14(11(13)4-2-8-19)22-16-12(17(20)24)10-21-23-9-3-7-15(16)23/h1,3,5-7,9-10,22H,2,4H2,(H2,20,24). The first-order valence-electron chi connectivity index (χ1n) is 7.29. The first-order chi connectivity index (χ1) is 11.6. The molecule has 0 unspecified atom stereocenters. The van der Waals surface area contributed by atoms with Crippen LogP contribution in [0.1, 0.15) is 22.3 Å². The molecule has 0 aliphatic heterocycles. The molecule has 2 aromatic heterocycles. The maximum atomic E-state index is 14.1. The number of nitrogens with two attached hydrogens (primary N) is 1. The summed E-state index contributed by atoms with van der Waals surface area (Å²) < 4.78 is 15.7. The van der Waals surface area contributed by atoms with Gasteiger partial charge in [0, 0.05) is 23.9 Å². The number of nitrogens with one attached hydrogen (secondary N) is 1. The number of rotatable bonds is 5. The van der Waals surface area contributed by atoms with Gasteiger partial charge in [-0.3, -0.25) is 4.79 Å². The van der Waals surface area contributed by atoms with Gasteiger partial charge in [0.1, 0.15) is 5.82 Å². The van der Waals surface area contributed by atoms with Crippen LogP contribution in [0.15, 0.2) is 42.7 Å². The summed E-state index contributed by atoms with van der Waals surface area (Å²) in [5, 5.41) is 16.0. The molecule has 0 bridgehead atoms. The Morgan fingerprint density at radius 1 is 1.38 bits per heavy atom. The fourth-order valence-corrected chi connectivity index (χ4v) is 2.56. The first-order valence-corrected chi connectivity index (χ1v) is 7.29. The molecule has 1 aromatic carbocycles. The molecule has 0 atom stereocenters. The van der Waals surface area contributed by atoms with Gasteiger partial charge in [0.15, 0.2) is 0 Å². The predicted octanol–water partition coefficient (Wildman–Crippen LogP) is 2.77. The molecular formula is C17H14FN5O. The van der Waals surface area contributed by atoms with Gasteiger partial charge in [0.25, 0.3) is 5.91 Å². The van der Waals surface area contributed by atoms with E-state index in [0.717, 1.165) is 0 Å². The maximum Gasteiger partial charge on any atom is 0.252 e. The number of hydrogen-bond donors (Lipinski definition) is 2. The normalized spacial score (nSPS) is 10.5. The molecule has 3 rings (SSSR count). The summed E-state index contributed by atoms with van der Waals surface area (Å²) in [5.41, 5.74) is 7.60. The lowest BCUT2D eigenvalue weighted by molar-refractivity contribution is 0.100. The molecule has 6 nitrogen and oxygen atoms in total. The zero-order valence-corrected chi connectivity index (χ0v) is 12.7. The van der Waals surface area contributed by atoms with E-state index < -0.39 is 11.7 Å². The fraction of sp³-hybridized carbons (Fsp3) is 0.118. The van der Waals surface area contributed by atoms with E-state index in [1.165, 1.54) is 12.3 Å². The number of amides is 1. The largest absolute Gasteiger partial charge is 0.365 e. The second-order valence-corrected chi connectivity index (χ2v) is 5.18. The van der Waals surface area contributed by atoms with Gasteiger partial charge < -0.3 is 11.1 Å². The molecule has 0 saturated carbocycles. The van der Waals surface area contributed by atoms with Crippen LogP contribution < -0.4 is 11.1 Å². The predicted molar refractivity (Wildman–Crippen MR) is 87.3 cm³/mol. The van der Waals surface area contributed by atoms with E-state index >= 15 is 0 Å². The van der Waals surface area contributed by atoms with E-state index in [9.17, 15) is 9.18 Å². The lowest BCUT2D eigenvalue weighted by Gasteiger charge is -2.15. The van der Waals surface area contributed by atoms with Crippen molar-refractivity contribution in [2.75, 3.05) is 5.32 Å². The highest BCUT2D eigenvalue weighted by Crippen LogP contribution is 2.29. The number of aromatic nitrogens is 2. The number of nitrogens with zero attached hydrogens (tertiary/aromatic N) is 3. The van der Waals surface area contributed by atoms with E-state index in [2.05, 4.69) is 10.4 Å². The van der Waals surface area contributed by atoms with Crippen LogP contribution >= 0.6 is 0 Å². The average molecular weight is 323 g/mol. The van der Waals surface area contributed by atoms with Crippen LogP contribution in [0.3, 0.4) is 0 Å². The van der Waals surface area contributed by atoms with Gasteiger partial charge in [-0.2, -0.15) is 10.4 Å². The van der Waals surface area contributed by atoms with E-state index in [1.807, 2.05) is 6.07 Å². The molecule has 120 valence electrons. The van der Waals surface area contributed by atoms with Crippen molar-refractivity contribution in [3.05, 3.63) is 59.7 Å². The fourth-order valence-electron chi connectivity index (χ4n) is 2.56. The zero-order valence-electron chi connectivity index (χ0n) is 12.7. The number of carbonyl (C=O) groups excluding carboxylic acids is 1. The Bertz CT molecular complexity index is 957. The quantitative estimate of drug-likeness (QED) is 0.754. The summed E-state index contributed by atoms with van der Waals surface area (Å²) in [6, 6.07) is 10.2. The molecule has 0 aliphatic carbocycles. The lowest BCUT2D eigenvalue weighted by atomic mass is 10.1. The molecule has 0 fully saturated rings. The van der Waals surface area contributed by atoms with Crippen molar-refractivity contribution in [2.24, 2.45) is 5.73 Å². The van der Waals surface area contributed by atoms with Gasteiger partial charge in [0.2, 0.25) is 0 Å². The van der Waals surface area contributed by atoms with E-state index in [4.69, 9.17) is 11.0 Å². The Balaban J connectivity index is 2.12. The van der Waals surface area contributed by atoms with Crippen LogP contribution in [0.2, 0.25) is 0 Å². The highest BCUT2D eigenvalue weighted by molar-refractivity contribution is 6.02. The molecule has 2 heterocycles. The van der Waals surface area contributed by atoms with Gasteiger partial charge >= 0.3 is 0 Å². The van der Waals surface area contributed by atoms with Crippen molar-refractivity contribution < 1.29 is 9.18 Å². The minimum Gasteiger partial charge on any atom is -0.365 e. The van der Waals surface area contributed by atoms with Crippen LogP contribution in [0, 0.1) is 17.1 Å². The third-order valence-corrected chi connectivity index (χ3v) is 3.70. The van der Waals surface area contributed by atoms with Crippen molar-refractivity contribution in [2.45, 2.75) is 12.8 Å². The Hall–Kier alpha value is -3.40. The number of anilines is 2. The van der Waals surface area contributed by atoms with Crippen LogP contribution in [0.25, 0.3) is 5.52 Å². The molecule has 7 heteroatoms. The molecule has 0 aliphatic rings. The number of nitriles is 1. The van der Waals surface area contributed by atoms with E-state index in [1.54, 1.807) is 35.0 Å². The number of carbonyl (C=O) groups is 1. The highest BCUT2D eigenvalue weighted by Gasteiger charge is 2.16. The van der Waals surface area contributed by atoms with Crippen molar-refractivity contribution in [1.82, 2.24) is 9.61 Å². The SMILES string of the molecule is N#CCCc1c(F)cccc1Nc1c(C(N)=O)cnn2cccc12.